The molecule has 0 saturated heterocycles. The average molecular weight is 252 g/mol. The first kappa shape index (κ1) is 11.9. The van der Waals surface area contributed by atoms with Crippen LogP contribution in [0.2, 0.25) is 0 Å². The standard InChI is InChI=1S/C16H16N2O/c1-18(13-6-4-7-15(19)10-13)14-9-12-5-2-3-8-16(12)17-11-14/h2-3,5,8-11H,4,6-7H2,1H3. The van der Waals surface area contributed by atoms with Crippen molar-refractivity contribution < 1.29 is 4.79 Å². The van der Waals surface area contributed by atoms with Gasteiger partial charge in [0.25, 0.3) is 0 Å². The van der Waals surface area contributed by atoms with E-state index in [-0.39, 0.29) is 5.78 Å². The van der Waals surface area contributed by atoms with Gasteiger partial charge in [-0.05, 0) is 25.0 Å². The van der Waals surface area contributed by atoms with Crippen molar-refractivity contribution in [3.8, 4) is 0 Å². The molecule has 0 saturated carbocycles. The zero-order valence-electron chi connectivity index (χ0n) is 11.0. The van der Waals surface area contributed by atoms with Gasteiger partial charge in [-0.15, -0.1) is 0 Å². The summed E-state index contributed by atoms with van der Waals surface area (Å²) in [6, 6.07) is 10.2. The van der Waals surface area contributed by atoms with E-state index in [1.807, 2.05) is 31.4 Å². The Balaban J connectivity index is 1.97. The summed E-state index contributed by atoms with van der Waals surface area (Å²) >= 11 is 0. The Morgan fingerprint density at radius 2 is 2.05 bits per heavy atom. The number of benzene rings is 1. The first-order valence-corrected chi connectivity index (χ1v) is 6.56. The Kier molecular flexibility index (Phi) is 3.03. The number of carbonyl (C=O) groups is 1. The predicted octanol–water partition coefficient (Wildman–Crippen LogP) is 3.31. The Labute approximate surface area is 112 Å². The highest BCUT2D eigenvalue weighted by Gasteiger charge is 2.14. The molecule has 0 radical (unpaired) electrons. The van der Waals surface area contributed by atoms with Gasteiger partial charge in [0.05, 0.1) is 17.4 Å². The molecule has 0 atom stereocenters. The molecule has 0 fully saturated rings. The maximum Gasteiger partial charge on any atom is 0.157 e. The molecular weight excluding hydrogens is 236 g/mol. The zero-order valence-corrected chi connectivity index (χ0v) is 11.0. The highest BCUT2D eigenvalue weighted by atomic mass is 16.1. The molecule has 2 aromatic rings. The van der Waals surface area contributed by atoms with Crippen LogP contribution in [-0.4, -0.2) is 17.8 Å². The van der Waals surface area contributed by atoms with Crippen molar-refractivity contribution in [2.75, 3.05) is 11.9 Å². The fraction of sp³-hybridized carbons (Fsp3) is 0.250. The third-order valence-corrected chi connectivity index (χ3v) is 3.58. The van der Waals surface area contributed by atoms with Crippen LogP contribution in [0.3, 0.4) is 0 Å². The van der Waals surface area contributed by atoms with Gasteiger partial charge in [-0.1, -0.05) is 18.2 Å². The minimum Gasteiger partial charge on any atom is -0.347 e. The second-order valence-electron chi connectivity index (χ2n) is 4.90. The number of hydrogen-bond donors (Lipinski definition) is 0. The Bertz CT molecular complexity index is 661. The van der Waals surface area contributed by atoms with Crippen LogP contribution >= 0.6 is 0 Å². The quantitative estimate of drug-likeness (QED) is 0.822. The second-order valence-corrected chi connectivity index (χ2v) is 4.90. The van der Waals surface area contributed by atoms with E-state index < -0.39 is 0 Å². The van der Waals surface area contributed by atoms with E-state index in [0.717, 1.165) is 35.1 Å². The van der Waals surface area contributed by atoms with Crippen molar-refractivity contribution in [2.24, 2.45) is 0 Å². The normalized spacial score (nSPS) is 15.4. The SMILES string of the molecule is CN(C1=CC(=O)CCC1)c1cnc2ccccc2c1. The number of nitrogens with zero attached hydrogens (tertiary/aromatic N) is 2. The smallest absolute Gasteiger partial charge is 0.157 e. The van der Waals surface area contributed by atoms with Gasteiger partial charge in [-0.2, -0.15) is 0 Å². The highest BCUT2D eigenvalue weighted by Crippen LogP contribution is 2.25. The number of pyridine rings is 1. The first-order chi connectivity index (χ1) is 9.24. The maximum absolute atomic E-state index is 11.5. The lowest BCUT2D eigenvalue weighted by molar-refractivity contribution is -0.115. The van der Waals surface area contributed by atoms with Crippen molar-refractivity contribution in [3.05, 3.63) is 48.3 Å². The molecule has 0 amide bonds. The van der Waals surface area contributed by atoms with Crippen LogP contribution < -0.4 is 4.90 Å². The van der Waals surface area contributed by atoms with Gasteiger partial charge in [-0.25, -0.2) is 0 Å². The number of para-hydroxylation sites is 1. The van der Waals surface area contributed by atoms with Crippen molar-refractivity contribution in [1.29, 1.82) is 0 Å². The summed E-state index contributed by atoms with van der Waals surface area (Å²) < 4.78 is 0. The average Bonchev–Trinajstić information content (AvgIpc) is 2.46. The lowest BCUT2D eigenvalue weighted by atomic mass is 10.0. The third kappa shape index (κ3) is 2.36. The molecule has 96 valence electrons. The first-order valence-electron chi connectivity index (χ1n) is 6.56. The van der Waals surface area contributed by atoms with Gasteiger partial charge in [-0.3, -0.25) is 9.78 Å². The van der Waals surface area contributed by atoms with Gasteiger partial charge in [0.1, 0.15) is 0 Å². The van der Waals surface area contributed by atoms with E-state index in [9.17, 15) is 4.79 Å². The summed E-state index contributed by atoms with van der Waals surface area (Å²) in [4.78, 5) is 18.0. The van der Waals surface area contributed by atoms with Crippen LogP contribution in [0.1, 0.15) is 19.3 Å². The van der Waals surface area contributed by atoms with Crippen molar-refractivity contribution in [2.45, 2.75) is 19.3 Å². The molecule has 0 bridgehead atoms. The Hall–Kier alpha value is -2.16. The zero-order chi connectivity index (χ0) is 13.2. The van der Waals surface area contributed by atoms with E-state index in [1.54, 1.807) is 6.08 Å². The van der Waals surface area contributed by atoms with Crippen LogP contribution in [0, 0.1) is 0 Å². The van der Waals surface area contributed by atoms with E-state index in [2.05, 4.69) is 22.0 Å². The van der Waals surface area contributed by atoms with E-state index >= 15 is 0 Å². The highest BCUT2D eigenvalue weighted by molar-refractivity contribution is 5.92. The maximum atomic E-state index is 11.5. The van der Waals surface area contributed by atoms with Crippen molar-refractivity contribution >= 4 is 22.4 Å². The molecule has 0 aliphatic heterocycles. The molecular formula is C16H16N2O. The van der Waals surface area contributed by atoms with E-state index in [4.69, 9.17) is 0 Å². The molecule has 1 aliphatic rings. The number of rotatable bonds is 2. The molecule has 0 spiro atoms. The summed E-state index contributed by atoms with van der Waals surface area (Å²) in [6.45, 7) is 0. The van der Waals surface area contributed by atoms with Crippen LogP contribution in [-0.2, 0) is 4.79 Å². The second kappa shape index (κ2) is 4.84. The number of anilines is 1. The Morgan fingerprint density at radius 3 is 2.89 bits per heavy atom. The van der Waals surface area contributed by atoms with Gasteiger partial charge in [0.2, 0.25) is 0 Å². The third-order valence-electron chi connectivity index (χ3n) is 3.58. The number of carbonyl (C=O) groups excluding carboxylic acids is 1. The fourth-order valence-corrected chi connectivity index (χ4v) is 2.45. The van der Waals surface area contributed by atoms with Crippen LogP contribution in [0.25, 0.3) is 10.9 Å². The van der Waals surface area contributed by atoms with Gasteiger partial charge in [0.15, 0.2) is 5.78 Å². The fourth-order valence-electron chi connectivity index (χ4n) is 2.45. The van der Waals surface area contributed by atoms with Crippen molar-refractivity contribution in [1.82, 2.24) is 4.98 Å². The van der Waals surface area contributed by atoms with E-state index in [1.165, 1.54) is 0 Å². The minimum absolute atomic E-state index is 0.224. The number of aromatic nitrogens is 1. The van der Waals surface area contributed by atoms with Crippen molar-refractivity contribution in [3.63, 3.8) is 0 Å². The van der Waals surface area contributed by atoms with Crippen LogP contribution in [0.15, 0.2) is 48.3 Å². The molecule has 0 N–H and O–H groups in total. The molecule has 1 heterocycles. The lowest BCUT2D eigenvalue weighted by Gasteiger charge is -2.24. The summed E-state index contributed by atoms with van der Waals surface area (Å²) in [5.74, 6) is 0.224. The molecule has 3 nitrogen and oxygen atoms in total. The molecule has 3 rings (SSSR count). The molecule has 0 unspecified atom stereocenters. The largest absolute Gasteiger partial charge is 0.347 e. The number of ketones is 1. The van der Waals surface area contributed by atoms with E-state index in [0.29, 0.717) is 6.42 Å². The summed E-state index contributed by atoms with van der Waals surface area (Å²) in [5.41, 5.74) is 3.10. The van der Waals surface area contributed by atoms with Gasteiger partial charge < -0.3 is 4.90 Å². The molecule has 1 aromatic carbocycles. The predicted molar refractivity (Wildman–Crippen MR) is 77.1 cm³/mol. The minimum atomic E-state index is 0.224. The Morgan fingerprint density at radius 1 is 1.21 bits per heavy atom. The molecule has 3 heteroatoms. The molecule has 1 aliphatic carbocycles. The van der Waals surface area contributed by atoms with Gasteiger partial charge in [0, 0.05) is 30.6 Å². The number of hydrogen-bond acceptors (Lipinski definition) is 3. The van der Waals surface area contributed by atoms with Crippen LogP contribution in [0.5, 0.6) is 0 Å². The monoisotopic (exact) mass is 252 g/mol. The lowest BCUT2D eigenvalue weighted by Crippen LogP contribution is -2.20. The topological polar surface area (TPSA) is 33.2 Å². The summed E-state index contributed by atoms with van der Waals surface area (Å²) in [5, 5.41) is 1.12. The molecule has 1 aromatic heterocycles. The number of allylic oxidation sites excluding steroid dienone is 2. The summed E-state index contributed by atoms with van der Waals surface area (Å²) in [6.07, 6.45) is 6.19. The van der Waals surface area contributed by atoms with Gasteiger partial charge >= 0.3 is 0 Å². The van der Waals surface area contributed by atoms with Crippen LogP contribution in [0.4, 0.5) is 5.69 Å². The molecule has 19 heavy (non-hydrogen) atoms. The summed E-state index contributed by atoms with van der Waals surface area (Å²) in [7, 11) is 2.00. The number of fused-ring (bicyclic) bond motifs is 1.